The number of carbonyl (C=O) groups excluding carboxylic acids is 1. The van der Waals surface area contributed by atoms with Gasteiger partial charge in [-0.2, -0.15) is 0 Å². The number of rotatable bonds is 6. The number of anilines is 1. The number of hydrogen-bond acceptors (Lipinski definition) is 4. The molecule has 0 radical (unpaired) electrons. The summed E-state index contributed by atoms with van der Waals surface area (Å²) in [5.41, 5.74) is 2.62. The molecule has 0 bridgehead atoms. The fourth-order valence-corrected chi connectivity index (χ4v) is 4.67. The molecule has 152 valence electrons. The van der Waals surface area contributed by atoms with Crippen LogP contribution in [0.2, 0.25) is 0 Å². The minimum Gasteiger partial charge on any atom is -0.492 e. The van der Waals surface area contributed by atoms with Gasteiger partial charge in [0.1, 0.15) is 12.4 Å². The number of nitrogens with zero attached hydrogens (tertiary/aromatic N) is 2. The first-order chi connectivity index (χ1) is 14.3. The molecule has 2 aliphatic heterocycles. The lowest BCUT2D eigenvalue weighted by Gasteiger charge is -2.49. The van der Waals surface area contributed by atoms with E-state index < -0.39 is 0 Å². The van der Waals surface area contributed by atoms with Crippen LogP contribution >= 0.6 is 0 Å². The summed E-state index contributed by atoms with van der Waals surface area (Å²) in [5.74, 6) is 1.17. The maximum Gasteiger partial charge on any atom is 0.225 e. The van der Waals surface area contributed by atoms with Crippen molar-refractivity contribution in [3.63, 3.8) is 0 Å². The van der Waals surface area contributed by atoms with Crippen LogP contribution in [0.4, 0.5) is 5.69 Å². The second-order valence-electron chi connectivity index (χ2n) is 8.45. The third kappa shape index (κ3) is 4.10. The molecule has 1 aliphatic carbocycles. The van der Waals surface area contributed by atoms with E-state index in [1.807, 2.05) is 30.3 Å². The van der Waals surface area contributed by atoms with E-state index in [2.05, 4.69) is 39.4 Å². The van der Waals surface area contributed by atoms with E-state index in [1.54, 1.807) is 0 Å². The molecule has 1 N–H and O–H groups in total. The lowest BCUT2D eigenvalue weighted by molar-refractivity contribution is -0.126. The number of benzene rings is 2. The molecule has 1 saturated heterocycles. The Morgan fingerprint density at radius 2 is 1.83 bits per heavy atom. The van der Waals surface area contributed by atoms with E-state index in [9.17, 15) is 4.79 Å². The molecule has 2 heterocycles. The maximum atomic E-state index is 13.0. The lowest BCUT2D eigenvalue weighted by Crippen LogP contribution is -2.61. The Morgan fingerprint density at radius 1 is 1.03 bits per heavy atom. The van der Waals surface area contributed by atoms with E-state index >= 15 is 0 Å². The molecular weight excluding hydrogens is 362 g/mol. The van der Waals surface area contributed by atoms with E-state index in [1.165, 1.54) is 11.3 Å². The SMILES string of the molecule is O=C(NC1CC1)[C@H]1Cc2ccccc2N2CCN(CCOc3ccccc3)C[C@H]12. The number of ether oxygens (including phenoxy) is 1. The number of carbonyl (C=O) groups is 1. The molecule has 5 nitrogen and oxygen atoms in total. The highest BCUT2D eigenvalue weighted by Gasteiger charge is 2.42. The second kappa shape index (κ2) is 8.07. The summed E-state index contributed by atoms with van der Waals surface area (Å²) in [6.07, 6.45) is 3.10. The topological polar surface area (TPSA) is 44.8 Å². The first-order valence-corrected chi connectivity index (χ1v) is 10.8. The van der Waals surface area contributed by atoms with Crippen LogP contribution in [0.3, 0.4) is 0 Å². The first kappa shape index (κ1) is 18.5. The molecule has 1 saturated carbocycles. The van der Waals surface area contributed by atoms with E-state index in [0.717, 1.165) is 51.2 Å². The van der Waals surface area contributed by atoms with Crippen LogP contribution in [0.1, 0.15) is 18.4 Å². The maximum absolute atomic E-state index is 13.0. The molecule has 29 heavy (non-hydrogen) atoms. The normalized spacial score (nSPS) is 23.8. The summed E-state index contributed by atoms with van der Waals surface area (Å²) >= 11 is 0. The van der Waals surface area contributed by atoms with Crippen LogP contribution in [-0.2, 0) is 11.2 Å². The van der Waals surface area contributed by atoms with Crippen molar-refractivity contribution in [2.45, 2.75) is 31.3 Å². The molecule has 1 amide bonds. The highest BCUT2D eigenvalue weighted by atomic mass is 16.5. The van der Waals surface area contributed by atoms with E-state index in [4.69, 9.17) is 4.74 Å². The monoisotopic (exact) mass is 391 g/mol. The van der Waals surface area contributed by atoms with Crippen LogP contribution in [0, 0.1) is 5.92 Å². The van der Waals surface area contributed by atoms with Crippen LogP contribution in [0.25, 0.3) is 0 Å². The first-order valence-electron chi connectivity index (χ1n) is 10.8. The summed E-state index contributed by atoms with van der Waals surface area (Å²) in [6, 6.07) is 19.2. The fourth-order valence-electron chi connectivity index (χ4n) is 4.67. The second-order valence-corrected chi connectivity index (χ2v) is 8.45. The Kier molecular flexibility index (Phi) is 5.15. The molecular formula is C24H29N3O2. The smallest absolute Gasteiger partial charge is 0.225 e. The zero-order chi connectivity index (χ0) is 19.6. The summed E-state index contributed by atoms with van der Waals surface area (Å²) in [4.78, 5) is 18.0. The highest BCUT2D eigenvalue weighted by Crippen LogP contribution is 2.36. The van der Waals surface area contributed by atoms with Crippen LogP contribution in [-0.4, -0.2) is 55.7 Å². The number of piperazine rings is 1. The van der Waals surface area contributed by atoms with Crippen molar-refractivity contribution in [2.75, 3.05) is 37.7 Å². The summed E-state index contributed by atoms with van der Waals surface area (Å²) < 4.78 is 5.90. The Balaban J connectivity index is 1.27. The molecule has 0 spiro atoms. The Hall–Kier alpha value is -2.53. The lowest BCUT2D eigenvalue weighted by atomic mass is 9.83. The number of amides is 1. The molecule has 2 fully saturated rings. The van der Waals surface area contributed by atoms with Crippen LogP contribution in [0.5, 0.6) is 5.75 Å². The number of nitrogens with one attached hydrogen (secondary N) is 1. The molecule has 2 aromatic carbocycles. The molecule has 3 aliphatic rings. The minimum atomic E-state index is 0.0170. The molecule has 2 aromatic rings. The van der Waals surface area contributed by atoms with Gasteiger partial charge in [-0.3, -0.25) is 9.69 Å². The largest absolute Gasteiger partial charge is 0.492 e. The number of para-hydroxylation sites is 2. The standard InChI is InChI=1S/C24H29N3O2/c28-24(25-19-10-11-19)21-16-18-6-4-5-9-22(18)27-13-12-26(17-23(21)27)14-15-29-20-7-2-1-3-8-20/h1-9,19,21,23H,10-17H2,(H,25,28)/t21-,23+/m0/s1. The molecule has 0 unspecified atom stereocenters. The van der Waals surface area contributed by atoms with Gasteiger partial charge in [-0.05, 0) is 43.0 Å². The van der Waals surface area contributed by atoms with Gasteiger partial charge in [-0.1, -0.05) is 36.4 Å². The van der Waals surface area contributed by atoms with Crippen LogP contribution in [0.15, 0.2) is 54.6 Å². The van der Waals surface area contributed by atoms with Crippen molar-refractivity contribution in [3.05, 3.63) is 60.2 Å². The summed E-state index contributed by atoms with van der Waals surface area (Å²) in [5, 5.41) is 3.26. The van der Waals surface area contributed by atoms with Gasteiger partial charge in [0.25, 0.3) is 0 Å². The third-order valence-corrected chi connectivity index (χ3v) is 6.39. The van der Waals surface area contributed by atoms with E-state index in [-0.39, 0.29) is 17.9 Å². The average molecular weight is 392 g/mol. The van der Waals surface area contributed by atoms with Gasteiger partial charge in [0.15, 0.2) is 0 Å². The molecule has 5 heteroatoms. The zero-order valence-corrected chi connectivity index (χ0v) is 16.8. The van der Waals surface area contributed by atoms with Gasteiger partial charge in [0.05, 0.1) is 12.0 Å². The fraction of sp³-hybridized carbons (Fsp3) is 0.458. The average Bonchev–Trinajstić information content (AvgIpc) is 3.58. The number of hydrogen-bond donors (Lipinski definition) is 1. The van der Waals surface area contributed by atoms with Gasteiger partial charge >= 0.3 is 0 Å². The summed E-state index contributed by atoms with van der Waals surface area (Å²) in [6.45, 7) is 4.43. The van der Waals surface area contributed by atoms with Crippen molar-refractivity contribution in [2.24, 2.45) is 5.92 Å². The predicted molar refractivity (Wildman–Crippen MR) is 114 cm³/mol. The van der Waals surface area contributed by atoms with Crippen molar-refractivity contribution >= 4 is 11.6 Å². The summed E-state index contributed by atoms with van der Waals surface area (Å²) in [7, 11) is 0. The quantitative estimate of drug-likeness (QED) is 0.822. The van der Waals surface area contributed by atoms with Crippen molar-refractivity contribution in [3.8, 4) is 5.75 Å². The van der Waals surface area contributed by atoms with Crippen LogP contribution < -0.4 is 15.0 Å². The van der Waals surface area contributed by atoms with E-state index in [0.29, 0.717) is 12.6 Å². The molecule has 5 rings (SSSR count). The van der Waals surface area contributed by atoms with Gasteiger partial charge in [0.2, 0.25) is 5.91 Å². The number of fused-ring (bicyclic) bond motifs is 3. The third-order valence-electron chi connectivity index (χ3n) is 6.39. The highest BCUT2D eigenvalue weighted by molar-refractivity contribution is 5.82. The Labute approximate surface area is 172 Å². The Morgan fingerprint density at radius 3 is 2.66 bits per heavy atom. The van der Waals surface area contributed by atoms with Crippen molar-refractivity contribution in [1.29, 1.82) is 0 Å². The van der Waals surface area contributed by atoms with Gasteiger partial charge < -0.3 is 15.0 Å². The zero-order valence-electron chi connectivity index (χ0n) is 16.8. The molecule has 0 aromatic heterocycles. The predicted octanol–water partition coefficient (Wildman–Crippen LogP) is 2.71. The van der Waals surface area contributed by atoms with Gasteiger partial charge in [-0.25, -0.2) is 0 Å². The van der Waals surface area contributed by atoms with Crippen molar-refractivity contribution in [1.82, 2.24) is 10.2 Å². The van der Waals surface area contributed by atoms with Crippen molar-refractivity contribution < 1.29 is 9.53 Å². The minimum absolute atomic E-state index is 0.0170. The Bertz CT molecular complexity index is 852. The van der Waals surface area contributed by atoms with Gasteiger partial charge in [-0.15, -0.1) is 0 Å². The van der Waals surface area contributed by atoms with Gasteiger partial charge in [0, 0.05) is 37.9 Å². The molecule has 2 atom stereocenters.